The summed E-state index contributed by atoms with van der Waals surface area (Å²) in [4.78, 5) is 16.8. The number of carbonyl (C=O) groups excluding carboxylic acids is 1. The average Bonchev–Trinajstić information content (AvgIpc) is 2.36. The fraction of sp³-hybridized carbons (Fsp3) is 0.923. The number of fused-ring (bicyclic) bond motifs is 1. The van der Waals surface area contributed by atoms with Gasteiger partial charge in [-0.05, 0) is 26.3 Å². The van der Waals surface area contributed by atoms with E-state index in [0.29, 0.717) is 6.04 Å². The Morgan fingerprint density at radius 3 is 2.71 bits per heavy atom. The first kappa shape index (κ1) is 12.8. The van der Waals surface area contributed by atoms with Crippen molar-refractivity contribution >= 4 is 5.91 Å². The zero-order valence-corrected chi connectivity index (χ0v) is 11.1. The fourth-order valence-electron chi connectivity index (χ4n) is 2.87. The van der Waals surface area contributed by atoms with Crippen LogP contribution >= 0.6 is 0 Å². The van der Waals surface area contributed by atoms with Gasteiger partial charge in [-0.3, -0.25) is 9.69 Å². The molecule has 4 nitrogen and oxygen atoms in total. The molecule has 0 bridgehead atoms. The molecule has 17 heavy (non-hydrogen) atoms. The van der Waals surface area contributed by atoms with E-state index in [-0.39, 0.29) is 17.9 Å². The fourth-order valence-corrected chi connectivity index (χ4v) is 2.87. The van der Waals surface area contributed by atoms with Crippen molar-refractivity contribution in [2.24, 2.45) is 11.7 Å². The van der Waals surface area contributed by atoms with Gasteiger partial charge in [0.05, 0.1) is 5.92 Å². The van der Waals surface area contributed by atoms with E-state index < -0.39 is 0 Å². The Hall–Kier alpha value is -0.610. The second-order valence-corrected chi connectivity index (χ2v) is 5.62. The van der Waals surface area contributed by atoms with Crippen LogP contribution in [0.4, 0.5) is 0 Å². The molecule has 0 saturated carbocycles. The monoisotopic (exact) mass is 239 g/mol. The zero-order chi connectivity index (χ0) is 12.4. The molecule has 3 unspecified atom stereocenters. The largest absolute Gasteiger partial charge is 0.340 e. The Morgan fingerprint density at radius 2 is 2.00 bits per heavy atom. The average molecular weight is 239 g/mol. The zero-order valence-electron chi connectivity index (χ0n) is 11.1. The molecule has 0 aromatic heterocycles. The summed E-state index contributed by atoms with van der Waals surface area (Å²) in [6, 6.07) is 0.550. The van der Waals surface area contributed by atoms with Crippen molar-refractivity contribution in [3.8, 4) is 0 Å². The maximum Gasteiger partial charge on any atom is 0.227 e. The highest BCUT2D eigenvalue weighted by Gasteiger charge is 2.33. The molecule has 98 valence electrons. The lowest BCUT2D eigenvalue weighted by atomic mass is 9.97. The van der Waals surface area contributed by atoms with E-state index in [4.69, 9.17) is 5.73 Å². The molecule has 0 aliphatic carbocycles. The van der Waals surface area contributed by atoms with Gasteiger partial charge < -0.3 is 10.6 Å². The lowest BCUT2D eigenvalue weighted by Crippen LogP contribution is -2.57. The smallest absolute Gasteiger partial charge is 0.227 e. The Morgan fingerprint density at radius 1 is 1.24 bits per heavy atom. The summed E-state index contributed by atoms with van der Waals surface area (Å²) in [5.74, 6) is 0.190. The van der Waals surface area contributed by atoms with Crippen LogP contribution in [0.2, 0.25) is 0 Å². The Balaban J connectivity index is 1.93. The summed E-state index contributed by atoms with van der Waals surface area (Å²) in [6.45, 7) is 7.92. The van der Waals surface area contributed by atoms with Crippen molar-refractivity contribution < 1.29 is 4.79 Å². The summed E-state index contributed by atoms with van der Waals surface area (Å²) in [5, 5.41) is 0. The summed E-state index contributed by atoms with van der Waals surface area (Å²) >= 11 is 0. The van der Waals surface area contributed by atoms with E-state index in [1.54, 1.807) is 0 Å². The maximum absolute atomic E-state index is 12.2. The van der Waals surface area contributed by atoms with Gasteiger partial charge in [-0.25, -0.2) is 0 Å². The van der Waals surface area contributed by atoms with E-state index in [0.717, 1.165) is 19.6 Å². The predicted octanol–water partition coefficient (Wildman–Crippen LogP) is 0.666. The van der Waals surface area contributed by atoms with Crippen molar-refractivity contribution in [1.29, 1.82) is 0 Å². The van der Waals surface area contributed by atoms with Crippen molar-refractivity contribution in [3.63, 3.8) is 0 Å². The molecule has 1 amide bonds. The highest BCUT2D eigenvalue weighted by atomic mass is 16.2. The highest BCUT2D eigenvalue weighted by Crippen LogP contribution is 2.22. The lowest BCUT2D eigenvalue weighted by molar-refractivity contribution is -0.139. The molecule has 0 spiro atoms. The van der Waals surface area contributed by atoms with Gasteiger partial charge in [0.2, 0.25) is 5.91 Å². The van der Waals surface area contributed by atoms with Crippen LogP contribution in [0.15, 0.2) is 0 Å². The van der Waals surface area contributed by atoms with Crippen LogP contribution in [-0.4, -0.2) is 54.0 Å². The van der Waals surface area contributed by atoms with Crippen LogP contribution in [0.25, 0.3) is 0 Å². The SMILES string of the molecule is CC(N)C(C)C(=O)N1CCN2CCCCC2C1. The number of nitrogens with two attached hydrogens (primary N) is 1. The van der Waals surface area contributed by atoms with Crippen LogP contribution in [0.3, 0.4) is 0 Å². The molecule has 3 atom stereocenters. The van der Waals surface area contributed by atoms with Crippen LogP contribution in [0.1, 0.15) is 33.1 Å². The third-order valence-electron chi connectivity index (χ3n) is 4.33. The van der Waals surface area contributed by atoms with Gasteiger partial charge >= 0.3 is 0 Å². The molecular weight excluding hydrogens is 214 g/mol. The summed E-state index contributed by atoms with van der Waals surface area (Å²) in [7, 11) is 0. The van der Waals surface area contributed by atoms with E-state index in [1.165, 1.54) is 25.8 Å². The lowest BCUT2D eigenvalue weighted by Gasteiger charge is -2.44. The van der Waals surface area contributed by atoms with Crippen LogP contribution in [-0.2, 0) is 4.79 Å². The molecule has 2 aliphatic rings. The number of carbonyl (C=O) groups is 1. The standard InChI is InChI=1S/C13H25N3O/c1-10(11(2)14)13(17)16-8-7-15-6-4-3-5-12(15)9-16/h10-12H,3-9,14H2,1-2H3. The molecule has 0 aromatic rings. The molecule has 2 heterocycles. The van der Waals surface area contributed by atoms with Crippen molar-refractivity contribution in [1.82, 2.24) is 9.80 Å². The van der Waals surface area contributed by atoms with E-state index in [9.17, 15) is 4.79 Å². The molecule has 2 saturated heterocycles. The molecule has 4 heteroatoms. The molecule has 2 fully saturated rings. The highest BCUT2D eigenvalue weighted by molar-refractivity contribution is 5.79. The predicted molar refractivity (Wildman–Crippen MR) is 68.6 cm³/mol. The molecule has 2 N–H and O–H groups in total. The third kappa shape index (κ3) is 2.80. The topological polar surface area (TPSA) is 49.6 Å². The summed E-state index contributed by atoms with van der Waals surface area (Å²) in [6.07, 6.45) is 3.88. The molecule has 2 aliphatic heterocycles. The van der Waals surface area contributed by atoms with Crippen LogP contribution in [0.5, 0.6) is 0 Å². The number of rotatable bonds is 2. The number of piperidine rings is 1. The minimum Gasteiger partial charge on any atom is -0.340 e. The van der Waals surface area contributed by atoms with E-state index in [1.807, 2.05) is 18.7 Å². The number of amides is 1. The molecule has 2 rings (SSSR count). The van der Waals surface area contributed by atoms with Gasteiger partial charge in [-0.1, -0.05) is 13.3 Å². The molecule has 0 aromatic carbocycles. The van der Waals surface area contributed by atoms with Gasteiger partial charge in [0.1, 0.15) is 0 Å². The summed E-state index contributed by atoms with van der Waals surface area (Å²) < 4.78 is 0. The van der Waals surface area contributed by atoms with Crippen molar-refractivity contribution in [2.45, 2.75) is 45.2 Å². The van der Waals surface area contributed by atoms with E-state index in [2.05, 4.69) is 4.90 Å². The Kier molecular flexibility index (Phi) is 4.05. The first-order valence-corrected chi connectivity index (χ1v) is 6.88. The second-order valence-electron chi connectivity index (χ2n) is 5.62. The minimum absolute atomic E-state index is 0.0492. The van der Waals surface area contributed by atoms with E-state index >= 15 is 0 Å². The second kappa shape index (κ2) is 5.36. The Labute approximate surface area is 104 Å². The third-order valence-corrected chi connectivity index (χ3v) is 4.33. The summed E-state index contributed by atoms with van der Waals surface area (Å²) in [5.41, 5.74) is 5.82. The minimum atomic E-state index is -0.0508. The van der Waals surface area contributed by atoms with Crippen molar-refractivity contribution in [3.05, 3.63) is 0 Å². The van der Waals surface area contributed by atoms with Gasteiger partial charge in [-0.2, -0.15) is 0 Å². The van der Waals surface area contributed by atoms with Gasteiger partial charge in [0, 0.05) is 31.7 Å². The van der Waals surface area contributed by atoms with Gasteiger partial charge in [0.15, 0.2) is 0 Å². The first-order chi connectivity index (χ1) is 8.09. The number of nitrogens with zero attached hydrogens (tertiary/aromatic N) is 2. The normalized spacial score (nSPS) is 29.6. The quantitative estimate of drug-likeness (QED) is 0.770. The number of hydrogen-bond donors (Lipinski definition) is 1. The number of piperazine rings is 1. The first-order valence-electron chi connectivity index (χ1n) is 6.88. The molecule has 0 radical (unpaired) electrons. The maximum atomic E-state index is 12.2. The van der Waals surface area contributed by atoms with Crippen LogP contribution in [0, 0.1) is 5.92 Å². The van der Waals surface area contributed by atoms with Crippen molar-refractivity contribution in [2.75, 3.05) is 26.2 Å². The van der Waals surface area contributed by atoms with Gasteiger partial charge in [-0.15, -0.1) is 0 Å². The number of hydrogen-bond acceptors (Lipinski definition) is 3. The van der Waals surface area contributed by atoms with Crippen LogP contribution < -0.4 is 5.73 Å². The molecular formula is C13H25N3O. The Bertz CT molecular complexity index is 280. The van der Waals surface area contributed by atoms with Gasteiger partial charge in [0.25, 0.3) is 0 Å².